The van der Waals surface area contributed by atoms with Gasteiger partial charge in [0.1, 0.15) is 5.60 Å². The molecule has 0 saturated heterocycles. The zero-order chi connectivity index (χ0) is 15.7. The van der Waals surface area contributed by atoms with Crippen LogP contribution in [0, 0.1) is 0 Å². The lowest BCUT2D eigenvalue weighted by atomic mass is 9.99. The minimum atomic E-state index is -0.635. The molecule has 0 aliphatic rings. The molecule has 21 heavy (non-hydrogen) atoms. The maximum Gasteiger partial charge on any atom is 0.331 e. The topological polar surface area (TPSA) is 26.3 Å². The van der Waals surface area contributed by atoms with E-state index in [1.165, 1.54) is 11.6 Å². The number of rotatable bonds is 7. The van der Waals surface area contributed by atoms with E-state index in [2.05, 4.69) is 26.5 Å². The van der Waals surface area contributed by atoms with E-state index in [-0.39, 0.29) is 5.97 Å². The Labute approximate surface area is 127 Å². The summed E-state index contributed by atoms with van der Waals surface area (Å²) in [5, 5.41) is 0. The Balaban J connectivity index is 2.59. The number of esters is 1. The largest absolute Gasteiger partial charge is 0.452 e. The molecule has 0 N–H and O–H groups in total. The summed E-state index contributed by atoms with van der Waals surface area (Å²) >= 11 is 0. The van der Waals surface area contributed by atoms with Gasteiger partial charge in [0, 0.05) is 6.08 Å². The van der Waals surface area contributed by atoms with Crippen LogP contribution in [0.5, 0.6) is 0 Å². The predicted octanol–water partition coefficient (Wildman–Crippen LogP) is 4.93. The highest BCUT2D eigenvalue weighted by atomic mass is 16.6. The van der Waals surface area contributed by atoms with Gasteiger partial charge in [0.25, 0.3) is 0 Å². The van der Waals surface area contributed by atoms with E-state index >= 15 is 0 Å². The monoisotopic (exact) mass is 284 g/mol. The fourth-order valence-corrected chi connectivity index (χ4v) is 1.83. The first kappa shape index (κ1) is 17.0. The first-order valence-corrected chi connectivity index (χ1v) is 7.18. The lowest BCUT2D eigenvalue weighted by Crippen LogP contribution is -2.28. The highest BCUT2D eigenvalue weighted by Gasteiger charge is 2.23. The third kappa shape index (κ3) is 6.75. The summed E-state index contributed by atoms with van der Waals surface area (Å²) in [6.07, 6.45) is 8.63. The first-order chi connectivity index (χ1) is 9.95. The second-order valence-electron chi connectivity index (χ2n) is 5.50. The second kappa shape index (κ2) is 8.25. The van der Waals surface area contributed by atoms with Crippen molar-refractivity contribution >= 4 is 12.0 Å². The van der Waals surface area contributed by atoms with Gasteiger partial charge in [-0.25, -0.2) is 4.79 Å². The molecule has 0 heterocycles. The fraction of sp³-hybridized carbons (Fsp3) is 0.316. The number of ether oxygens (including phenoxy) is 1. The van der Waals surface area contributed by atoms with Crippen LogP contribution < -0.4 is 0 Å². The highest BCUT2D eigenvalue weighted by molar-refractivity contribution is 5.87. The summed E-state index contributed by atoms with van der Waals surface area (Å²) in [7, 11) is 0. The normalized spacial score (nSPS) is 13.5. The third-order valence-corrected chi connectivity index (χ3v) is 3.17. The Morgan fingerprint density at radius 1 is 1.29 bits per heavy atom. The van der Waals surface area contributed by atoms with E-state index in [0.29, 0.717) is 0 Å². The molecule has 0 radical (unpaired) electrons. The molecule has 0 spiro atoms. The molecule has 2 heteroatoms. The van der Waals surface area contributed by atoms with E-state index in [1.54, 1.807) is 12.2 Å². The molecular formula is C19H24O2. The van der Waals surface area contributed by atoms with Crippen molar-refractivity contribution in [2.75, 3.05) is 0 Å². The number of allylic oxidation sites excluding steroid dienone is 2. The van der Waals surface area contributed by atoms with Gasteiger partial charge in [-0.1, -0.05) is 48.6 Å². The zero-order valence-electron chi connectivity index (χ0n) is 13.1. The smallest absolute Gasteiger partial charge is 0.331 e. The minimum absolute atomic E-state index is 0.349. The maximum absolute atomic E-state index is 11.9. The SMILES string of the molecule is C=C[C@](C)(CCC=C(C)C)OC(=O)/C=C\c1ccccc1. The molecule has 0 aromatic heterocycles. The molecule has 0 fully saturated rings. The van der Waals surface area contributed by atoms with Gasteiger partial charge in [-0.05, 0) is 51.3 Å². The molecule has 0 saturated carbocycles. The molecule has 0 aliphatic heterocycles. The lowest BCUT2D eigenvalue weighted by molar-refractivity contribution is -0.147. The van der Waals surface area contributed by atoms with Crippen molar-refractivity contribution in [3.8, 4) is 0 Å². The molecule has 0 amide bonds. The predicted molar refractivity (Wildman–Crippen MR) is 88.8 cm³/mol. The van der Waals surface area contributed by atoms with Crippen molar-refractivity contribution in [3.05, 3.63) is 66.3 Å². The number of hydrogen-bond donors (Lipinski definition) is 0. The summed E-state index contributed by atoms with van der Waals surface area (Å²) in [5.41, 5.74) is 1.60. The maximum atomic E-state index is 11.9. The van der Waals surface area contributed by atoms with Crippen LogP contribution in [0.4, 0.5) is 0 Å². The minimum Gasteiger partial charge on any atom is -0.452 e. The molecule has 112 valence electrons. The van der Waals surface area contributed by atoms with Gasteiger partial charge >= 0.3 is 5.97 Å². The zero-order valence-corrected chi connectivity index (χ0v) is 13.1. The summed E-state index contributed by atoms with van der Waals surface area (Å²) in [6.45, 7) is 9.77. The number of carbonyl (C=O) groups is 1. The van der Waals surface area contributed by atoms with Gasteiger partial charge in [0.05, 0.1) is 0 Å². The van der Waals surface area contributed by atoms with Crippen LogP contribution in [0.3, 0.4) is 0 Å². The van der Waals surface area contributed by atoms with Crippen molar-refractivity contribution in [1.29, 1.82) is 0 Å². The van der Waals surface area contributed by atoms with Crippen LogP contribution in [0.2, 0.25) is 0 Å². The Kier molecular flexibility index (Phi) is 6.67. The number of hydrogen-bond acceptors (Lipinski definition) is 2. The van der Waals surface area contributed by atoms with Crippen LogP contribution in [0.1, 0.15) is 39.2 Å². The highest BCUT2D eigenvalue weighted by Crippen LogP contribution is 2.20. The number of benzene rings is 1. The van der Waals surface area contributed by atoms with Gasteiger partial charge < -0.3 is 4.74 Å². The molecule has 1 aromatic carbocycles. The van der Waals surface area contributed by atoms with Crippen molar-refractivity contribution in [2.24, 2.45) is 0 Å². The number of carbonyl (C=O) groups excluding carboxylic acids is 1. The molecule has 0 unspecified atom stereocenters. The third-order valence-electron chi connectivity index (χ3n) is 3.17. The van der Waals surface area contributed by atoms with Crippen LogP contribution in [-0.2, 0) is 9.53 Å². The van der Waals surface area contributed by atoms with E-state index in [9.17, 15) is 4.79 Å². The van der Waals surface area contributed by atoms with E-state index in [1.807, 2.05) is 37.3 Å². The van der Waals surface area contributed by atoms with Gasteiger partial charge in [-0.15, -0.1) is 0 Å². The Morgan fingerprint density at radius 3 is 2.52 bits per heavy atom. The van der Waals surface area contributed by atoms with Gasteiger partial charge in [0.2, 0.25) is 0 Å². The summed E-state index contributed by atoms with van der Waals surface area (Å²) in [5.74, 6) is -0.349. The van der Waals surface area contributed by atoms with Crippen LogP contribution in [0.25, 0.3) is 6.08 Å². The first-order valence-electron chi connectivity index (χ1n) is 7.18. The quantitative estimate of drug-likeness (QED) is 0.403. The van der Waals surface area contributed by atoms with Crippen molar-refractivity contribution in [1.82, 2.24) is 0 Å². The molecule has 0 aliphatic carbocycles. The van der Waals surface area contributed by atoms with Gasteiger partial charge in [-0.3, -0.25) is 0 Å². The Hall–Kier alpha value is -2.09. The fourth-order valence-electron chi connectivity index (χ4n) is 1.83. The molecular weight excluding hydrogens is 260 g/mol. The van der Waals surface area contributed by atoms with E-state index in [4.69, 9.17) is 4.74 Å². The van der Waals surface area contributed by atoms with Crippen molar-refractivity contribution < 1.29 is 9.53 Å². The Morgan fingerprint density at radius 2 is 1.95 bits per heavy atom. The molecule has 1 rings (SSSR count). The summed E-state index contributed by atoms with van der Waals surface area (Å²) < 4.78 is 5.52. The Bertz CT molecular complexity index is 522. The summed E-state index contributed by atoms with van der Waals surface area (Å²) in [4.78, 5) is 11.9. The van der Waals surface area contributed by atoms with Gasteiger partial charge in [0.15, 0.2) is 0 Å². The van der Waals surface area contributed by atoms with Crippen LogP contribution in [-0.4, -0.2) is 11.6 Å². The molecule has 1 atom stereocenters. The van der Waals surface area contributed by atoms with Crippen LogP contribution >= 0.6 is 0 Å². The van der Waals surface area contributed by atoms with Gasteiger partial charge in [-0.2, -0.15) is 0 Å². The lowest BCUT2D eigenvalue weighted by Gasteiger charge is -2.25. The standard InChI is InChI=1S/C19H24O2/c1-5-19(4,15-9-10-16(2)3)21-18(20)14-13-17-11-7-6-8-12-17/h5-8,10-14H,1,9,15H2,2-4H3/b14-13-/t19-/m1/s1. The summed E-state index contributed by atoms with van der Waals surface area (Å²) in [6, 6.07) is 9.67. The average Bonchev–Trinajstić information content (AvgIpc) is 2.46. The van der Waals surface area contributed by atoms with Crippen molar-refractivity contribution in [2.45, 2.75) is 39.2 Å². The second-order valence-corrected chi connectivity index (χ2v) is 5.50. The molecule has 1 aromatic rings. The van der Waals surface area contributed by atoms with E-state index in [0.717, 1.165) is 18.4 Å². The van der Waals surface area contributed by atoms with Crippen LogP contribution in [0.15, 0.2) is 60.7 Å². The average molecular weight is 284 g/mol. The molecule has 0 bridgehead atoms. The molecule has 2 nitrogen and oxygen atoms in total. The van der Waals surface area contributed by atoms with E-state index < -0.39 is 5.60 Å². The van der Waals surface area contributed by atoms with Crippen molar-refractivity contribution in [3.63, 3.8) is 0 Å².